The monoisotopic (exact) mass is 324 g/mol. The van der Waals surface area contributed by atoms with Crippen LogP contribution < -0.4 is 5.32 Å². The Kier molecular flexibility index (Phi) is 4.20. The van der Waals surface area contributed by atoms with E-state index in [2.05, 4.69) is 5.32 Å². The third kappa shape index (κ3) is 2.88. The number of hydrogen-bond acceptors (Lipinski definition) is 4. The van der Waals surface area contributed by atoms with Gasteiger partial charge in [0.25, 0.3) is 0 Å². The number of nitrogens with one attached hydrogen (secondary N) is 1. The number of carbonyl (C=O) groups is 1. The average Bonchev–Trinajstić information content (AvgIpc) is 2.87. The smallest absolute Gasteiger partial charge is 0.243 e. The maximum atomic E-state index is 12.7. The molecule has 7 heteroatoms. The van der Waals surface area contributed by atoms with Crippen molar-refractivity contribution < 1.29 is 17.9 Å². The van der Waals surface area contributed by atoms with Crippen molar-refractivity contribution in [2.24, 2.45) is 5.92 Å². The van der Waals surface area contributed by atoms with E-state index in [1.807, 2.05) is 0 Å². The van der Waals surface area contributed by atoms with Gasteiger partial charge in [-0.05, 0) is 42.5 Å². The molecule has 2 aliphatic rings. The molecule has 2 heterocycles. The standard InChI is InChI=1S/C15H20N2O4S/c1-21-10-11-4-6-17(7-5-11)22(19,20)13-2-3-14-12(8-13)9-15(18)16-14/h2-3,8,11H,4-7,9-10H2,1H3,(H,16,18). The van der Waals surface area contributed by atoms with Crippen molar-refractivity contribution in [1.82, 2.24) is 4.31 Å². The third-order valence-corrected chi connectivity index (χ3v) is 6.21. The summed E-state index contributed by atoms with van der Waals surface area (Å²) in [7, 11) is -1.82. The molecule has 0 bridgehead atoms. The van der Waals surface area contributed by atoms with E-state index in [-0.39, 0.29) is 17.2 Å². The van der Waals surface area contributed by atoms with Gasteiger partial charge in [0, 0.05) is 32.5 Å². The van der Waals surface area contributed by atoms with Gasteiger partial charge in [-0.2, -0.15) is 4.31 Å². The molecule has 1 saturated heterocycles. The Balaban J connectivity index is 1.77. The molecule has 0 radical (unpaired) electrons. The van der Waals surface area contributed by atoms with Crippen LogP contribution in [0, 0.1) is 5.92 Å². The predicted molar refractivity (Wildman–Crippen MR) is 82.1 cm³/mol. The van der Waals surface area contributed by atoms with E-state index in [9.17, 15) is 13.2 Å². The number of fused-ring (bicyclic) bond motifs is 1. The Morgan fingerprint density at radius 1 is 1.32 bits per heavy atom. The number of piperidine rings is 1. The van der Waals surface area contributed by atoms with Crippen LogP contribution in [0.25, 0.3) is 0 Å². The molecule has 0 saturated carbocycles. The second kappa shape index (κ2) is 5.98. The maximum absolute atomic E-state index is 12.7. The minimum absolute atomic E-state index is 0.0927. The summed E-state index contributed by atoms with van der Waals surface area (Å²) >= 11 is 0. The average molecular weight is 324 g/mol. The second-order valence-electron chi connectivity index (χ2n) is 5.85. The lowest BCUT2D eigenvalue weighted by Crippen LogP contribution is -2.39. The van der Waals surface area contributed by atoms with E-state index >= 15 is 0 Å². The molecule has 1 amide bonds. The lowest BCUT2D eigenvalue weighted by atomic mass is 9.99. The number of amides is 1. The van der Waals surface area contributed by atoms with Gasteiger partial charge in [-0.3, -0.25) is 4.79 Å². The second-order valence-corrected chi connectivity index (χ2v) is 7.78. The SMILES string of the molecule is COCC1CCN(S(=O)(=O)c2ccc3c(c2)CC(=O)N3)CC1. The van der Waals surface area contributed by atoms with Crippen molar-refractivity contribution in [1.29, 1.82) is 0 Å². The van der Waals surface area contributed by atoms with Crippen molar-refractivity contribution in [3.05, 3.63) is 23.8 Å². The van der Waals surface area contributed by atoms with Crippen LogP contribution in [0.2, 0.25) is 0 Å². The van der Waals surface area contributed by atoms with E-state index < -0.39 is 10.0 Å². The minimum Gasteiger partial charge on any atom is -0.384 e. The van der Waals surface area contributed by atoms with Gasteiger partial charge in [-0.15, -0.1) is 0 Å². The largest absolute Gasteiger partial charge is 0.384 e. The molecule has 120 valence electrons. The molecular weight excluding hydrogens is 304 g/mol. The van der Waals surface area contributed by atoms with Gasteiger partial charge in [-0.25, -0.2) is 8.42 Å². The lowest BCUT2D eigenvalue weighted by molar-refractivity contribution is -0.115. The highest BCUT2D eigenvalue weighted by molar-refractivity contribution is 7.89. The predicted octanol–water partition coefficient (Wildman–Crippen LogP) is 1.23. The van der Waals surface area contributed by atoms with Crippen molar-refractivity contribution in [2.75, 3.05) is 32.1 Å². The zero-order valence-corrected chi connectivity index (χ0v) is 13.4. The Bertz CT molecular complexity index is 679. The van der Waals surface area contributed by atoms with Crippen LogP contribution in [0.4, 0.5) is 5.69 Å². The van der Waals surface area contributed by atoms with E-state index in [1.54, 1.807) is 25.3 Å². The molecule has 0 aromatic heterocycles. The van der Waals surface area contributed by atoms with E-state index in [0.29, 0.717) is 31.3 Å². The molecule has 22 heavy (non-hydrogen) atoms. The molecule has 1 aromatic carbocycles. The first-order chi connectivity index (χ1) is 10.5. The van der Waals surface area contributed by atoms with Gasteiger partial charge in [0.1, 0.15) is 0 Å². The number of sulfonamides is 1. The van der Waals surface area contributed by atoms with Crippen LogP contribution in [0.5, 0.6) is 0 Å². The first kappa shape index (κ1) is 15.5. The third-order valence-electron chi connectivity index (χ3n) is 4.32. The molecule has 0 spiro atoms. The van der Waals surface area contributed by atoms with E-state index in [0.717, 1.165) is 18.4 Å². The zero-order valence-electron chi connectivity index (χ0n) is 12.5. The first-order valence-corrected chi connectivity index (χ1v) is 8.86. The van der Waals surface area contributed by atoms with Crippen LogP contribution in [0.15, 0.2) is 23.1 Å². The number of anilines is 1. The number of benzene rings is 1. The van der Waals surface area contributed by atoms with Gasteiger partial charge in [-0.1, -0.05) is 0 Å². The number of methoxy groups -OCH3 is 1. The molecule has 0 unspecified atom stereocenters. The Morgan fingerprint density at radius 3 is 2.73 bits per heavy atom. The van der Waals surface area contributed by atoms with Crippen LogP contribution >= 0.6 is 0 Å². The van der Waals surface area contributed by atoms with Crippen LogP contribution in [0.3, 0.4) is 0 Å². The summed E-state index contributed by atoms with van der Waals surface area (Å²) in [6, 6.07) is 4.86. The molecule has 1 N–H and O–H groups in total. The van der Waals surface area contributed by atoms with Gasteiger partial charge >= 0.3 is 0 Å². The summed E-state index contributed by atoms with van der Waals surface area (Å²) in [6.45, 7) is 1.72. The number of ether oxygens (including phenoxy) is 1. The zero-order chi connectivity index (χ0) is 15.7. The molecule has 0 atom stereocenters. The summed E-state index contributed by atoms with van der Waals surface area (Å²) < 4.78 is 32.1. The Hall–Kier alpha value is -1.44. The van der Waals surface area contributed by atoms with Crippen molar-refractivity contribution in [3.8, 4) is 0 Å². The van der Waals surface area contributed by atoms with Crippen LogP contribution in [-0.2, 0) is 26.0 Å². The van der Waals surface area contributed by atoms with Crippen molar-refractivity contribution >= 4 is 21.6 Å². The molecule has 1 fully saturated rings. The highest BCUT2D eigenvalue weighted by Crippen LogP contribution is 2.29. The number of hydrogen-bond donors (Lipinski definition) is 1. The Labute approximate surface area is 130 Å². The molecule has 6 nitrogen and oxygen atoms in total. The molecule has 2 aliphatic heterocycles. The van der Waals surface area contributed by atoms with Gasteiger partial charge in [0.05, 0.1) is 11.3 Å². The van der Waals surface area contributed by atoms with Crippen LogP contribution in [0.1, 0.15) is 18.4 Å². The summed E-state index contributed by atoms with van der Waals surface area (Å²) in [6.07, 6.45) is 1.88. The van der Waals surface area contributed by atoms with Crippen molar-refractivity contribution in [2.45, 2.75) is 24.2 Å². The van der Waals surface area contributed by atoms with E-state index in [1.165, 1.54) is 4.31 Å². The summed E-state index contributed by atoms with van der Waals surface area (Å²) in [5.74, 6) is 0.336. The molecular formula is C15H20N2O4S. The maximum Gasteiger partial charge on any atom is 0.243 e. The normalized spacial score (nSPS) is 20.0. The first-order valence-electron chi connectivity index (χ1n) is 7.42. The van der Waals surface area contributed by atoms with Crippen LogP contribution in [-0.4, -0.2) is 45.4 Å². The van der Waals surface area contributed by atoms with Crippen molar-refractivity contribution in [3.63, 3.8) is 0 Å². The summed E-state index contributed by atoms with van der Waals surface area (Å²) in [5, 5.41) is 2.71. The minimum atomic E-state index is -3.49. The van der Waals surface area contributed by atoms with Gasteiger partial charge < -0.3 is 10.1 Å². The number of nitrogens with zero attached hydrogens (tertiary/aromatic N) is 1. The summed E-state index contributed by atoms with van der Waals surface area (Å²) in [5.41, 5.74) is 1.46. The highest BCUT2D eigenvalue weighted by Gasteiger charge is 2.30. The molecule has 1 aromatic rings. The topological polar surface area (TPSA) is 75.7 Å². The highest BCUT2D eigenvalue weighted by atomic mass is 32.2. The van der Waals surface area contributed by atoms with Gasteiger partial charge in [0.2, 0.25) is 15.9 Å². The lowest BCUT2D eigenvalue weighted by Gasteiger charge is -2.30. The van der Waals surface area contributed by atoms with Gasteiger partial charge in [0.15, 0.2) is 0 Å². The number of rotatable bonds is 4. The molecule has 3 rings (SSSR count). The quantitative estimate of drug-likeness (QED) is 0.904. The summed E-state index contributed by atoms with van der Waals surface area (Å²) in [4.78, 5) is 11.6. The van der Waals surface area contributed by atoms with E-state index in [4.69, 9.17) is 4.74 Å². The fourth-order valence-electron chi connectivity index (χ4n) is 3.07. The number of carbonyl (C=O) groups excluding carboxylic acids is 1. The Morgan fingerprint density at radius 2 is 2.05 bits per heavy atom. The molecule has 0 aliphatic carbocycles. The fourth-order valence-corrected chi connectivity index (χ4v) is 4.59. The fraction of sp³-hybridized carbons (Fsp3) is 0.533.